The van der Waals surface area contributed by atoms with E-state index in [9.17, 15) is 13.5 Å². The average molecular weight is 279 g/mol. The molecule has 0 fully saturated rings. The van der Waals surface area contributed by atoms with Crippen molar-refractivity contribution < 1.29 is 18.3 Å². The third-order valence-electron chi connectivity index (χ3n) is 2.49. The van der Waals surface area contributed by atoms with Gasteiger partial charge in [-0.15, -0.1) is 0 Å². The van der Waals surface area contributed by atoms with Crippen molar-refractivity contribution >= 4 is 15.7 Å². The summed E-state index contributed by atoms with van der Waals surface area (Å²) in [5.74, 6) is 0.151. The number of anilines is 1. The predicted molar refractivity (Wildman–Crippen MR) is 71.9 cm³/mol. The lowest BCUT2D eigenvalue weighted by molar-refractivity contribution is 0.374. The van der Waals surface area contributed by atoms with Crippen LogP contribution in [0.4, 0.5) is 5.69 Å². The Hall–Kier alpha value is -2.21. The summed E-state index contributed by atoms with van der Waals surface area (Å²) in [4.78, 5) is 0.169. The number of phenols is 1. The first-order chi connectivity index (χ1) is 9.03. The topological polar surface area (TPSA) is 75.6 Å². The molecule has 0 saturated heterocycles. The lowest BCUT2D eigenvalue weighted by Crippen LogP contribution is -2.12. The van der Waals surface area contributed by atoms with Crippen molar-refractivity contribution in [1.82, 2.24) is 0 Å². The minimum atomic E-state index is -3.64. The summed E-state index contributed by atoms with van der Waals surface area (Å²) in [6, 6.07) is 12.3. The number of nitrogens with one attached hydrogen (secondary N) is 1. The third kappa shape index (κ3) is 2.97. The largest absolute Gasteiger partial charge is 0.504 e. The molecule has 0 saturated carbocycles. The zero-order valence-electron chi connectivity index (χ0n) is 10.2. The molecule has 0 heterocycles. The second-order valence-corrected chi connectivity index (χ2v) is 5.49. The van der Waals surface area contributed by atoms with Crippen molar-refractivity contribution in [2.45, 2.75) is 4.90 Å². The fourth-order valence-electron chi connectivity index (χ4n) is 1.55. The zero-order valence-corrected chi connectivity index (χ0v) is 11.0. The van der Waals surface area contributed by atoms with E-state index in [0.29, 0.717) is 5.69 Å². The Morgan fingerprint density at radius 3 is 2.42 bits per heavy atom. The van der Waals surface area contributed by atoms with Gasteiger partial charge in [-0.2, -0.15) is 0 Å². The molecule has 0 aromatic heterocycles. The van der Waals surface area contributed by atoms with Crippen molar-refractivity contribution in [1.29, 1.82) is 0 Å². The second-order valence-electron chi connectivity index (χ2n) is 3.81. The maximum absolute atomic E-state index is 12.1. The fraction of sp³-hybridized carbons (Fsp3) is 0.0769. The molecule has 2 aromatic carbocycles. The lowest BCUT2D eigenvalue weighted by Gasteiger charge is -2.10. The molecule has 5 nitrogen and oxygen atoms in total. The number of hydrogen-bond donors (Lipinski definition) is 2. The third-order valence-corrected chi connectivity index (χ3v) is 3.88. The van der Waals surface area contributed by atoms with Gasteiger partial charge in [0, 0.05) is 6.07 Å². The van der Waals surface area contributed by atoms with E-state index in [1.807, 2.05) is 0 Å². The van der Waals surface area contributed by atoms with Gasteiger partial charge in [-0.3, -0.25) is 4.72 Å². The molecule has 2 rings (SSSR count). The van der Waals surface area contributed by atoms with Crippen molar-refractivity contribution in [3.8, 4) is 11.5 Å². The first-order valence-electron chi connectivity index (χ1n) is 5.48. The van der Waals surface area contributed by atoms with E-state index in [1.165, 1.54) is 37.4 Å². The summed E-state index contributed by atoms with van der Waals surface area (Å²) in [6.07, 6.45) is 0. The number of aromatic hydroxyl groups is 1. The molecular weight excluding hydrogens is 266 g/mol. The molecule has 2 N–H and O–H groups in total. The summed E-state index contributed by atoms with van der Waals surface area (Å²) in [5.41, 5.74) is 0.318. The molecule has 0 amide bonds. The Labute approximate surface area is 111 Å². The summed E-state index contributed by atoms with van der Waals surface area (Å²) >= 11 is 0. The number of hydrogen-bond acceptors (Lipinski definition) is 4. The summed E-state index contributed by atoms with van der Waals surface area (Å²) in [7, 11) is -2.24. The first-order valence-corrected chi connectivity index (χ1v) is 6.96. The van der Waals surface area contributed by atoms with Crippen LogP contribution in [0.25, 0.3) is 0 Å². The van der Waals surface area contributed by atoms with Gasteiger partial charge < -0.3 is 9.84 Å². The van der Waals surface area contributed by atoms with E-state index >= 15 is 0 Å². The quantitative estimate of drug-likeness (QED) is 0.841. The Morgan fingerprint density at radius 1 is 1.11 bits per heavy atom. The molecule has 6 heteroatoms. The molecule has 0 bridgehead atoms. The molecule has 0 unspecified atom stereocenters. The molecule has 0 aliphatic carbocycles. The standard InChI is InChI=1S/C13H13NO4S/c1-18-13-9-10(7-8-12(13)15)14-19(16,17)11-5-3-2-4-6-11/h2-9,14-15H,1H3. The van der Waals surface area contributed by atoms with Crippen molar-refractivity contribution in [2.75, 3.05) is 11.8 Å². The van der Waals surface area contributed by atoms with Crippen LogP contribution in [0, 0.1) is 0 Å². The van der Waals surface area contributed by atoms with Crippen LogP contribution in [0.15, 0.2) is 53.4 Å². The number of ether oxygens (including phenoxy) is 1. The average Bonchev–Trinajstić information content (AvgIpc) is 2.42. The minimum Gasteiger partial charge on any atom is -0.504 e. The lowest BCUT2D eigenvalue weighted by atomic mass is 10.3. The molecule has 0 atom stereocenters. The van der Waals surface area contributed by atoms with Crippen LogP contribution < -0.4 is 9.46 Å². The van der Waals surface area contributed by atoms with Crippen molar-refractivity contribution in [2.24, 2.45) is 0 Å². The van der Waals surface area contributed by atoms with Gasteiger partial charge in [-0.05, 0) is 24.3 Å². The highest BCUT2D eigenvalue weighted by molar-refractivity contribution is 7.92. The molecule has 0 aliphatic rings. The predicted octanol–water partition coefficient (Wildman–Crippen LogP) is 2.20. The molecule has 19 heavy (non-hydrogen) atoms. The highest BCUT2D eigenvalue weighted by Gasteiger charge is 2.14. The first kappa shape index (κ1) is 13.2. The number of rotatable bonds is 4. The van der Waals surface area contributed by atoms with E-state index in [0.717, 1.165) is 0 Å². The van der Waals surface area contributed by atoms with Crippen LogP contribution >= 0.6 is 0 Å². The van der Waals surface area contributed by atoms with Gasteiger partial charge in [0.1, 0.15) is 0 Å². The van der Waals surface area contributed by atoms with E-state index < -0.39 is 10.0 Å². The van der Waals surface area contributed by atoms with Gasteiger partial charge in [-0.1, -0.05) is 18.2 Å². The number of methoxy groups -OCH3 is 1. The molecule has 100 valence electrons. The molecule has 2 aromatic rings. The maximum atomic E-state index is 12.1. The zero-order chi connectivity index (χ0) is 13.9. The van der Waals surface area contributed by atoms with Crippen LogP contribution in [0.3, 0.4) is 0 Å². The summed E-state index contributed by atoms with van der Waals surface area (Å²) < 4.78 is 31.5. The maximum Gasteiger partial charge on any atom is 0.261 e. The normalized spacial score (nSPS) is 11.0. The van der Waals surface area contributed by atoms with Gasteiger partial charge >= 0.3 is 0 Å². The van der Waals surface area contributed by atoms with E-state index in [-0.39, 0.29) is 16.4 Å². The Morgan fingerprint density at radius 2 is 1.79 bits per heavy atom. The Bertz CT molecular complexity index is 668. The van der Waals surface area contributed by atoms with Crippen LogP contribution in [0.2, 0.25) is 0 Å². The van der Waals surface area contributed by atoms with Crippen LogP contribution in [0.5, 0.6) is 11.5 Å². The fourth-order valence-corrected chi connectivity index (χ4v) is 2.63. The van der Waals surface area contributed by atoms with Gasteiger partial charge in [0.25, 0.3) is 10.0 Å². The van der Waals surface area contributed by atoms with Crippen LogP contribution in [-0.2, 0) is 10.0 Å². The van der Waals surface area contributed by atoms with E-state index in [2.05, 4.69) is 4.72 Å². The highest BCUT2D eigenvalue weighted by atomic mass is 32.2. The van der Waals surface area contributed by atoms with Crippen molar-refractivity contribution in [3.63, 3.8) is 0 Å². The molecule has 0 radical (unpaired) electrons. The van der Waals surface area contributed by atoms with E-state index in [1.54, 1.807) is 18.2 Å². The van der Waals surface area contributed by atoms with Gasteiger partial charge in [0.05, 0.1) is 17.7 Å². The smallest absolute Gasteiger partial charge is 0.261 e. The molecule has 0 spiro atoms. The number of phenolic OH excluding ortho intramolecular Hbond substituents is 1. The Balaban J connectivity index is 2.31. The van der Waals surface area contributed by atoms with Gasteiger partial charge in [0.15, 0.2) is 11.5 Å². The van der Waals surface area contributed by atoms with Gasteiger partial charge in [0.2, 0.25) is 0 Å². The summed E-state index contributed by atoms with van der Waals surface area (Å²) in [5, 5.41) is 9.45. The monoisotopic (exact) mass is 279 g/mol. The molecule has 0 aliphatic heterocycles. The number of benzene rings is 2. The SMILES string of the molecule is COc1cc(NS(=O)(=O)c2ccccc2)ccc1O. The second kappa shape index (κ2) is 5.19. The minimum absolute atomic E-state index is 0.0508. The van der Waals surface area contributed by atoms with Crippen molar-refractivity contribution in [3.05, 3.63) is 48.5 Å². The van der Waals surface area contributed by atoms with E-state index in [4.69, 9.17) is 4.74 Å². The Kier molecular flexibility index (Phi) is 3.62. The van der Waals surface area contributed by atoms with Crippen LogP contribution in [0.1, 0.15) is 0 Å². The van der Waals surface area contributed by atoms with Crippen LogP contribution in [-0.4, -0.2) is 20.6 Å². The highest BCUT2D eigenvalue weighted by Crippen LogP contribution is 2.29. The summed E-state index contributed by atoms with van der Waals surface area (Å²) in [6.45, 7) is 0. The molecular formula is C13H13NO4S. The number of sulfonamides is 1. The van der Waals surface area contributed by atoms with Gasteiger partial charge in [-0.25, -0.2) is 8.42 Å².